The van der Waals surface area contributed by atoms with Gasteiger partial charge in [0.1, 0.15) is 11.7 Å². The van der Waals surface area contributed by atoms with Crippen molar-refractivity contribution in [3.63, 3.8) is 0 Å². The van der Waals surface area contributed by atoms with Gasteiger partial charge >= 0.3 is 0 Å². The third-order valence-electron chi connectivity index (χ3n) is 4.97. The number of hydrogen-bond acceptors (Lipinski definition) is 5. The molecule has 3 aromatic rings. The van der Waals surface area contributed by atoms with Gasteiger partial charge in [-0.25, -0.2) is 8.81 Å². The number of ether oxygens (including phenoxy) is 1. The standard InChI is InChI=1S/C23H20ClFN4O4/c1-33-21(23(30)28(24)13-14-8-10-15(11-9-14)22(26)27)20-18(6-3-7-19(20)25)16-4-2-5-17(12-16)29(31)32/h2-12,21H,13H2,1H3,(H3,26,27). The van der Waals surface area contributed by atoms with Crippen LogP contribution in [0.5, 0.6) is 0 Å². The van der Waals surface area contributed by atoms with E-state index in [0.29, 0.717) is 16.7 Å². The summed E-state index contributed by atoms with van der Waals surface area (Å²) < 4.78 is 21.2. The number of non-ortho nitro benzene ring substituents is 1. The number of nitrogen functional groups attached to an aromatic ring is 1. The zero-order chi connectivity index (χ0) is 24.1. The summed E-state index contributed by atoms with van der Waals surface area (Å²) >= 11 is 6.23. The van der Waals surface area contributed by atoms with E-state index in [4.69, 9.17) is 27.7 Å². The van der Waals surface area contributed by atoms with Crippen molar-refractivity contribution in [2.24, 2.45) is 5.73 Å². The molecule has 0 radical (unpaired) electrons. The van der Waals surface area contributed by atoms with Gasteiger partial charge in [0.2, 0.25) is 0 Å². The normalized spacial score (nSPS) is 11.6. The first-order chi connectivity index (χ1) is 15.7. The van der Waals surface area contributed by atoms with Gasteiger partial charge < -0.3 is 10.5 Å². The SMILES string of the molecule is COC(C(=O)N(Cl)Cc1ccc(C(=N)N)cc1)c1c(F)cccc1-c1cccc([N+](=O)[O-])c1. The number of nitrogens with one attached hydrogen (secondary N) is 1. The van der Waals surface area contributed by atoms with Gasteiger partial charge in [0, 0.05) is 42.1 Å². The van der Waals surface area contributed by atoms with Crippen molar-refractivity contribution in [1.82, 2.24) is 4.42 Å². The topological polar surface area (TPSA) is 123 Å². The molecule has 0 aromatic heterocycles. The smallest absolute Gasteiger partial charge is 0.271 e. The van der Waals surface area contributed by atoms with E-state index >= 15 is 0 Å². The van der Waals surface area contributed by atoms with Gasteiger partial charge in [0.15, 0.2) is 6.10 Å². The van der Waals surface area contributed by atoms with Crippen molar-refractivity contribution >= 4 is 29.2 Å². The Bertz CT molecular complexity index is 1200. The van der Waals surface area contributed by atoms with Gasteiger partial charge in [-0.15, -0.1) is 0 Å². The maximum atomic E-state index is 14.9. The number of carbonyl (C=O) groups excluding carboxylic acids is 1. The Morgan fingerprint density at radius 1 is 1.21 bits per heavy atom. The van der Waals surface area contributed by atoms with Crippen molar-refractivity contribution < 1.29 is 18.8 Å². The molecule has 0 saturated heterocycles. The number of rotatable bonds is 8. The van der Waals surface area contributed by atoms with Gasteiger partial charge in [-0.3, -0.25) is 20.3 Å². The number of carbonyl (C=O) groups is 1. The fraction of sp³-hybridized carbons (Fsp3) is 0.130. The molecule has 0 fully saturated rings. The van der Waals surface area contributed by atoms with Crippen molar-refractivity contribution in [2.45, 2.75) is 12.6 Å². The predicted octanol–water partition coefficient (Wildman–Crippen LogP) is 4.56. The average molecular weight is 471 g/mol. The fourth-order valence-corrected chi connectivity index (χ4v) is 3.57. The molecule has 33 heavy (non-hydrogen) atoms. The number of nitro groups is 1. The summed E-state index contributed by atoms with van der Waals surface area (Å²) in [5, 5.41) is 18.6. The highest BCUT2D eigenvalue weighted by molar-refractivity contribution is 6.21. The molecule has 0 spiro atoms. The molecular weight excluding hydrogens is 451 g/mol. The number of benzene rings is 3. The summed E-state index contributed by atoms with van der Waals surface area (Å²) in [4.78, 5) is 23.7. The molecule has 1 atom stereocenters. The molecule has 10 heteroatoms. The Labute approximate surface area is 194 Å². The molecular formula is C23H20ClFN4O4. The minimum Gasteiger partial charge on any atom is -0.384 e. The maximum Gasteiger partial charge on any atom is 0.271 e. The quantitative estimate of drug-likeness (QED) is 0.164. The molecule has 1 amide bonds. The van der Waals surface area contributed by atoms with Gasteiger partial charge in [-0.2, -0.15) is 0 Å². The monoisotopic (exact) mass is 470 g/mol. The van der Waals surface area contributed by atoms with E-state index in [1.165, 1.54) is 37.4 Å². The van der Waals surface area contributed by atoms with E-state index in [1.54, 1.807) is 36.4 Å². The molecule has 0 saturated carbocycles. The highest BCUT2D eigenvalue weighted by Crippen LogP contribution is 2.35. The summed E-state index contributed by atoms with van der Waals surface area (Å²) in [6.07, 6.45) is -1.39. The van der Waals surface area contributed by atoms with Crippen LogP contribution in [0.15, 0.2) is 66.7 Å². The molecule has 3 aromatic carbocycles. The second-order valence-corrected chi connectivity index (χ2v) is 7.50. The largest absolute Gasteiger partial charge is 0.384 e. The Balaban J connectivity index is 1.94. The summed E-state index contributed by atoms with van der Waals surface area (Å²) in [6, 6.07) is 16.4. The molecule has 0 aliphatic heterocycles. The highest BCUT2D eigenvalue weighted by Gasteiger charge is 2.30. The van der Waals surface area contributed by atoms with Crippen LogP contribution in [0.1, 0.15) is 22.8 Å². The second-order valence-electron chi connectivity index (χ2n) is 7.09. The van der Waals surface area contributed by atoms with Crippen LogP contribution < -0.4 is 5.73 Å². The van der Waals surface area contributed by atoms with E-state index in [1.807, 2.05) is 0 Å². The Hall–Kier alpha value is -3.82. The number of methoxy groups -OCH3 is 1. The molecule has 3 rings (SSSR count). The fourth-order valence-electron chi connectivity index (χ4n) is 3.34. The summed E-state index contributed by atoms with van der Waals surface area (Å²) in [6.45, 7) is -0.0149. The molecule has 3 N–H and O–H groups in total. The number of nitrogens with zero attached hydrogens (tertiary/aromatic N) is 2. The zero-order valence-corrected chi connectivity index (χ0v) is 18.3. The number of nitrogens with two attached hydrogens (primary N) is 1. The molecule has 1 unspecified atom stereocenters. The van der Waals surface area contributed by atoms with Gasteiger partial charge in [-0.05, 0) is 22.8 Å². The predicted molar refractivity (Wildman–Crippen MR) is 122 cm³/mol. The van der Waals surface area contributed by atoms with Crippen molar-refractivity contribution in [3.8, 4) is 11.1 Å². The highest BCUT2D eigenvalue weighted by atomic mass is 35.5. The lowest BCUT2D eigenvalue weighted by Gasteiger charge is -2.23. The van der Waals surface area contributed by atoms with Crippen LogP contribution in [0.2, 0.25) is 0 Å². The van der Waals surface area contributed by atoms with E-state index in [0.717, 1.165) is 4.42 Å². The minimum absolute atomic E-state index is 0.0149. The van der Waals surface area contributed by atoms with Gasteiger partial charge in [-0.1, -0.05) is 48.5 Å². The molecule has 0 aliphatic rings. The number of nitro benzene ring substituents is 1. The maximum absolute atomic E-state index is 14.9. The lowest BCUT2D eigenvalue weighted by molar-refractivity contribution is -0.384. The molecule has 0 heterocycles. The molecule has 0 aliphatic carbocycles. The van der Waals surface area contributed by atoms with Crippen molar-refractivity contribution in [1.29, 1.82) is 5.41 Å². The third kappa shape index (κ3) is 5.33. The third-order valence-corrected chi connectivity index (χ3v) is 5.25. The van der Waals surface area contributed by atoms with Crippen molar-refractivity contribution in [2.75, 3.05) is 7.11 Å². The number of hydrogen-bond donors (Lipinski definition) is 2. The Kier molecular flexibility index (Phi) is 7.37. The Morgan fingerprint density at radius 2 is 1.88 bits per heavy atom. The van der Waals surface area contributed by atoms with Crippen LogP contribution in [0.4, 0.5) is 10.1 Å². The van der Waals surface area contributed by atoms with E-state index in [-0.39, 0.29) is 29.2 Å². The first-order valence-electron chi connectivity index (χ1n) is 9.69. The van der Waals surface area contributed by atoms with Gasteiger partial charge in [0.05, 0.1) is 11.5 Å². The first-order valence-corrected chi connectivity index (χ1v) is 10.0. The molecule has 170 valence electrons. The van der Waals surface area contributed by atoms with Crippen LogP contribution >= 0.6 is 11.8 Å². The van der Waals surface area contributed by atoms with Crippen LogP contribution in [0.3, 0.4) is 0 Å². The van der Waals surface area contributed by atoms with Gasteiger partial charge in [0.25, 0.3) is 11.6 Å². The zero-order valence-electron chi connectivity index (χ0n) is 17.5. The number of halogens is 2. The lowest BCUT2D eigenvalue weighted by Crippen LogP contribution is -2.29. The van der Waals surface area contributed by atoms with Crippen LogP contribution in [0.25, 0.3) is 11.1 Å². The number of amides is 1. The summed E-state index contributed by atoms with van der Waals surface area (Å²) in [7, 11) is 1.25. The van der Waals surface area contributed by atoms with E-state index < -0.39 is 22.8 Å². The summed E-state index contributed by atoms with van der Waals surface area (Å²) in [5.74, 6) is -1.52. The Morgan fingerprint density at radius 3 is 2.48 bits per heavy atom. The number of amidine groups is 1. The summed E-state index contributed by atoms with van der Waals surface area (Å²) in [5.41, 5.74) is 7.00. The van der Waals surface area contributed by atoms with E-state index in [2.05, 4.69) is 0 Å². The van der Waals surface area contributed by atoms with Crippen molar-refractivity contribution in [3.05, 3.63) is 99.4 Å². The molecule has 8 nitrogen and oxygen atoms in total. The minimum atomic E-state index is -1.39. The lowest BCUT2D eigenvalue weighted by atomic mass is 9.94. The molecule has 0 bridgehead atoms. The second kappa shape index (κ2) is 10.2. The average Bonchev–Trinajstić information content (AvgIpc) is 2.80. The van der Waals surface area contributed by atoms with Crippen LogP contribution in [0, 0.1) is 21.3 Å². The first kappa shape index (κ1) is 23.8. The van der Waals surface area contributed by atoms with Crippen LogP contribution in [-0.2, 0) is 16.1 Å². The van der Waals surface area contributed by atoms with E-state index in [9.17, 15) is 19.3 Å². The van der Waals surface area contributed by atoms with Crippen LogP contribution in [-0.4, -0.2) is 28.2 Å².